The van der Waals surface area contributed by atoms with Crippen molar-refractivity contribution in [2.75, 3.05) is 25.0 Å². The molecule has 1 aliphatic carbocycles. The van der Waals surface area contributed by atoms with E-state index in [-0.39, 0.29) is 11.5 Å². The van der Waals surface area contributed by atoms with Crippen LogP contribution in [0.15, 0.2) is 35.4 Å². The fourth-order valence-corrected chi connectivity index (χ4v) is 5.15. The first kappa shape index (κ1) is 21.6. The van der Waals surface area contributed by atoms with Crippen LogP contribution in [-0.2, 0) is 13.0 Å². The van der Waals surface area contributed by atoms with E-state index in [4.69, 9.17) is 0 Å². The number of nitrogens with zero attached hydrogens (tertiary/aromatic N) is 4. The zero-order valence-electron chi connectivity index (χ0n) is 19.4. The van der Waals surface area contributed by atoms with Crippen molar-refractivity contribution in [3.63, 3.8) is 0 Å². The van der Waals surface area contributed by atoms with Crippen LogP contribution in [0.2, 0.25) is 0 Å². The summed E-state index contributed by atoms with van der Waals surface area (Å²) in [6, 6.07) is 6.64. The first-order valence-electron chi connectivity index (χ1n) is 11.7. The number of pyridine rings is 3. The summed E-state index contributed by atoms with van der Waals surface area (Å²) in [5.41, 5.74) is 6.24. The van der Waals surface area contributed by atoms with Crippen molar-refractivity contribution in [1.29, 1.82) is 0 Å². The molecule has 2 atom stereocenters. The second-order valence-corrected chi connectivity index (χ2v) is 9.00. The molecule has 2 fully saturated rings. The van der Waals surface area contributed by atoms with Gasteiger partial charge in [0.1, 0.15) is 5.69 Å². The Balaban J connectivity index is 1.34. The lowest BCUT2D eigenvalue weighted by Crippen LogP contribution is -2.64. The molecule has 0 unspecified atom stereocenters. The number of nitrogens with one attached hydrogen (secondary N) is 2. The molecule has 1 aliphatic heterocycles. The fraction of sp³-hybridized carbons (Fsp3) is 0.440. The number of fused-ring (bicyclic) bond motifs is 2. The van der Waals surface area contributed by atoms with E-state index in [1.807, 2.05) is 31.5 Å². The van der Waals surface area contributed by atoms with Crippen LogP contribution in [0.3, 0.4) is 0 Å². The van der Waals surface area contributed by atoms with Crippen LogP contribution in [0.5, 0.6) is 0 Å². The van der Waals surface area contributed by atoms with Gasteiger partial charge in [-0.3, -0.25) is 19.5 Å². The van der Waals surface area contributed by atoms with Gasteiger partial charge in [0.25, 0.3) is 11.5 Å². The molecule has 0 aromatic carbocycles. The number of aromatic amines is 1. The predicted molar refractivity (Wildman–Crippen MR) is 129 cm³/mol. The average molecular weight is 447 g/mol. The van der Waals surface area contributed by atoms with Gasteiger partial charge in [0.15, 0.2) is 0 Å². The molecule has 172 valence electrons. The molecule has 3 aromatic rings. The summed E-state index contributed by atoms with van der Waals surface area (Å²) in [5.74, 6) is -0.167. The average Bonchev–Trinajstić information content (AvgIpc) is 2.81. The lowest BCUT2D eigenvalue weighted by Gasteiger charge is -2.54. The van der Waals surface area contributed by atoms with Crippen LogP contribution in [0.4, 0.5) is 5.69 Å². The molecular weight excluding hydrogens is 416 g/mol. The molecule has 2 N–H and O–H groups in total. The highest BCUT2D eigenvalue weighted by atomic mass is 16.1. The number of anilines is 1. The molecule has 0 bridgehead atoms. The van der Waals surface area contributed by atoms with Crippen LogP contribution >= 0.6 is 0 Å². The Labute approximate surface area is 193 Å². The second-order valence-electron chi connectivity index (χ2n) is 9.00. The minimum absolute atomic E-state index is 0.0178. The summed E-state index contributed by atoms with van der Waals surface area (Å²) in [6.45, 7) is 6.75. The van der Waals surface area contributed by atoms with Gasteiger partial charge >= 0.3 is 0 Å². The minimum atomic E-state index is -0.167. The van der Waals surface area contributed by atoms with Crippen LogP contribution < -0.4 is 15.8 Å². The lowest BCUT2D eigenvalue weighted by molar-refractivity contribution is 0.0657. The number of hydrogen-bond donors (Lipinski definition) is 2. The maximum absolute atomic E-state index is 12.3. The number of hydrogen-bond acceptors (Lipinski definition) is 6. The number of piperazine rings is 1. The molecule has 5 rings (SSSR count). The number of aryl methyl sites for hydroxylation is 2. The Morgan fingerprint density at radius 1 is 1.15 bits per heavy atom. The zero-order valence-corrected chi connectivity index (χ0v) is 19.4. The number of amides is 1. The van der Waals surface area contributed by atoms with Gasteiger partial charge in [0.2, 0.25) is 0 Å². The van der Waals surface area contributed by atoms with E-state index < -0.39 is 0 Å². The second kappa shape index (κ2) is 8.59. The van der Waals surface area contributed by atoms with Crippen LogP contribution in [0.25, 0.3) is 11.0 Å². The molecule has 8 heteroatoms. The third-order valence-corrected chi connectivity index (χ3v) is 7.31. The van der Waals surface area contributed by atoms with E-state index in [0.717, 1.165) is 59.5 Å². The van der Waals surface area contributed by atoms with E-state index in [0.29, 0.717) is 24.2 Å². The molecule has 0 radical (unpaired) electrons. The maximum Gasteiger partial charge on any atom is 0.269 e. The topological polar surface area (TPSA) is 94.2 Å². The zero-order chi connectivity index (χ0) is 23.1. The standard InChI is InChI=1S/C25H30N6O2/c1-4-16-11-20-23(29-24(16)32)15(2)17(12-27-20)14-30-9-10-31(22-8-7-21(22)30)18-5-6-19(28-13-18)25(33)26-3/h5-6,11-13,21-22H,4,7-10,14H2,1-3H3,(H,26,33)(H,29,32)/t21-,22-/m1/s1. The molecule has 1 saturated heterocycles. The van der Waals surface area contributed by atoms with Gasteiger partial charge < -0.3 is 15.2 Å². The number of H-pyrrole nitrogens is 1. The first-order chi connectivity index (χ1) is 16.0. The molecule has 2 aliphatic rings. The number of aromatic nitrogens is 3. The molecule has 4 heterocycles. The first-order valence-corrected chi connectivity index (χ1v) is 11.7. The molecule has 3 aromatic heterocycles. The van der Waals surface area contributed by atoms with Crippen molar-refractivity contribution in [2.24, 2.45) is 0 Å². The highest BCUT2D eigenvalue weighted by Gasteiger charge is 2.43. The Hall–Kier alpha value is -3.26. The minimum Gasteiger partial charge on any atom is -0.364 e. The van der Waals surface area contributed by atoms with Gasteiger partial charge in [0, 0.05) is 50.5 Å². The fourth-order valence-electron chi connectivity index (χ4n) is 5.15. The molecule has 0 spiro atoms. The lowest BCUT2D eigenvalue weighted by atomic mass is 9.81. The summed E-state index contributed by atoms with van der Waals surface area (Å²) >= 11 is 0. The Morgan fingerprint density at radius 2 is 1.97 bits per heavy atom. The van der Waals surface area contributed by atoms with Gasteiger partial charge in [-0.2, -0.15) is 0 Å². The summed E-state index contributed by atoms with van der Waals surface area (Å²) in [4.78, 5) is 41.2. The van der Waals surface area contributed by atoms with Gasteiger partial charge in [0.05, 0.1) is 22.9 Å². The van der Waals surface area contributed by atoms with Crippen molar-refractivity contribution < 1.29 is 4.79 Å². The smallest absolute Gasteiger partial charge is 0.269 e. The number of carbonyl (C=O) groups excluding carboxylic acids is 1. The molecule has 33 heavy (non-hydrogen) atoms. The van der Waals surface area contributed by atoms with Crippen molar-refractivity contribution >= 4 is 22.6 Å². The maximum atomic E-state index is 12.3. The number of carbonyl (C=O) groups is 1. The van der Waals surface area contributed by atoms with Gasteiger partial charge in [-0.25, -0.2) is 4.98 Å². The van der Waals surface area contributed by atoms with E-state index in [9.17, 15) is 9.59 Å². The number of rotatable bonds is 5. The van der Waals surface area contributed by atoms with Crippen molar-refractivity contribution in [1.82, 2.24) is 25.2 Å². The van der Waals surface area contributed by atoms with E-state index in [2.05, 4.69) is 37.0 Å². The summed E-state index contributed by atoms with van der Waals surface area (Å²) in [7, 11) is 1.61. The Bertz CT molecular complexity index is 1250. The Kier molecular flexibility index (Phi) is 5.62. The predicted octanol–water partition coefficient (Wildman–Crippen LogP) is 2.40. The molecule has 8 nitrogen and oxygen atoms in total. The largest absolute Gasteiger partial charge is 0.364 e. The highest BCUT2D eigenvalue weighted by Crippen LogP contribution is 2.37. The van der Waals surface area contributed by atoms with E-state index in [1.165, 1.54) is 6.42 Å². The van der Waals surface area contributed by atoms with Crippen molar-refractivity contribution in [3.05, 3.63) is 63.3 Å². The monoisotopic (exact) mass is 446 g/mol. The van der Waals surface area contributed by atoms with Crippen molar-refractivity contribution in [2.45, 2.75) is 51.7 Å². The summed E-state index contributed by atoms with van der Waals surface area (Å²) in [6.07, 6.45) is 6.80. The molecular formula is C25H30N6O2. The van der Waals surface area contributed by atoms with Crippen LogP contribution in [0, 0.1) is 6.92 Å². The van der Waals surface area contributed by atoms with E-state index in [1.54, 1.807) is 13.1 Å². The van der Waals surface area contributed by atoms with Gasteiger partial charge in [-0.15, -0.1) is 0 Å². The van der Waals surface area contributed by atoms with E-state index >= 15 is 0 Å². The molecule has 1 saturated carbocycles. The third-order valence-electron chi connectivity index (χ3n) is 7.31. The normalized spacial score (nSPS) is 20.4. The quantitative estimate of drug-likeness (QED) is 0.625. The highest BCUT2D eigenvalue weighted by molar-refractivity contribution is 5.92. The molecule has 1 amide bonds. The third kappa shape index (κ3) is 3.78. The summed E-state index contributed by atoms with van der Waals surface area (Å²) in [5, 5.41) is 2.61. The van der Waals surface area contributed by atoms with Gasteiger partial charge in [-0.05, 0) is 55.5 Å². The van der Waals surface area contributed by atoms with Crippen LogP contribution in [0.1, 0.15) is 46.9 Å². The SMILES string of the molecule is CCc1cc2ncc(CN3CCN(c4ccc(C(=O)NC)nc4)[C@@H]4CC[C@H]43)c(C)c2[nH]c1=O. The Morgan fingerprint density at radius 3 is 2.64 bits per heavy atom. The van der Waals surface area contributed by atoms with Crippen molar-refractivity contribution in [3.8, 4) is 0 Å². The van der Waals surface area contributed by atoms with Crippen LogP contribution in [-0.4, -0.2) is 58.0 Å². The summed E-state index contributed by atoms with van der Waals surface area (Å²) < 4.78 is 0. The van der Waals surface area contributed by atoms with Gasteiger partial charge in [-0.1, -0.05) is 6.92 Å².